The molecule has 4 rings (SSSR count). The Balaban J connectivity index is 1.86. The molecule has 4 N–H and O–H groups in total. The number of fused-ring (bicyclic) bond motifs is 3. The zero-order valence-electron chi connectivity index (χ0n) is 9.91. The van der Waals surface area contributed by atoms with E-state index >= 15 is 0 Å². The average Bonchev–Trinajstić information content (AvgIpc) is 2.31. The molecule has 92 valence electrons. The molecule has 4 saturated heterocycles. The van der Waals surface area contributed by atoms with Crippen molar-refractivity contribution in [3.8, 4) is 0 Å². The van der Waals surface area contributed by atoms with E-state index in [2.05, 4.69) is 10.2 Å². The Kier molecular flexibility index (Phi) is 2.51. The Morgan fingerprint density at radius 3 is 2.31 bits per heavy atom. The van der Waals surface area contributed by atoms with E-state index in [-0.39, 0.29) is 5.54 Å². The minimum atomic E-state index is -0.637. The van der Waals surface area contributed by atoms with Crippen LogP contribution >= 0.6 is 0 Å². The van der Waals surface area contributed by atoms with Gasteiger partial charge >= 0.3 is 0 Å². The predicted octanol–water partition coefficient (Wildman–Crippen LogP) is -0.476. The monoisotopic (exact) mass is 225 g/mol. The fourth-order valence-electron chi connectivity index (χ4n) is 3.94. The molecule has 0 saturated carbocycles. The Bertz CT molecular complexity index is 269. The van der Waals surface area contributed by atoms with Crippen LogP contribution in [0.25, 0.3) is 0 Å². The maximum absolute atomic E-state index is 10.9. The molecule has 0 aliphatic carbocycles. The van der Waals surface area contributed by atoms with Crippen molar-refractivity contribution in [3.05, 3.63) is 0 Å². The van der Waals surface area contributed by atoms with Crippen molar-refractivity contribution in [2.45, 2.75) is 36.8 Å². The first-order valence-electron chi connectivity index (χ1n) is 6.58. The summed E-state index contributed by atoms with van der Waals surface area (Å²) in [5.74, 6) is 0.528. The highest BCUT2D eigenvalue weighted by atomic mass is 16.3. The second kappa shape index (κ2) is 3.67. The fourth-order valence-corrected chi connectivity index (χ4v) is 3.94. The minimum absolute atomic E-state index is 0.356. The Morgan fingerprint density at radius 2 is 1.81 bits per heavy atom. The van der Waals surface area contributed by atoms with E-state index in [4.69, 9.17) is 5.73 Å². The summed E-state index contributed by atoms with van der Waals surface area (Å²) in [6.07, 6.45) is 3.97. The number of hydrogen-bond donors (Lipinski definition) is 3. The molecule has 4 fully saturated rings. The summed E-state index contributed by atoms with van der Waals surface area (Å²) in [5.41, 5.74) is 5.64. The number of piperidine rings is 4. The maximum atomic E-state index is 10.9. The number of rotatable bonds is 1. The van der Waals surface area contributed by atoms with E-state index in [9.17, 15) is 5.11 Å². The first kappa shape index (κ1) is 11.0. The van der Waals surface area contributed by atoms with E-state index in [1.165, 1.54) is 25.9 Å². The highest BCUT2D eigenvalue weighted by molar-refractivity contribution is 5.14. The quantitative estimate of drug-likeness (QED) is 0.564. The molecule has 1 atom stereocenters. The van der Waals surface area contributed by atoms with Gasteiger partial charge in [0, 0.05) is 6.54 Å². The summed E-state index contributed by atoms with van der Waals surface area (Å²) < 4.78 is 0. The molecule has 0 radical (unpaired) electrons. The molecular weight excluding hydrogens is 202 g/mol. The molecule has 4 aliphatic rings. The van der Waals surface area contributed by atoms with Gasteiger partial charge in [0.05, 0.1) is 11.1 Å². The molecule has 0 aromatic rings. The number of hydrogen-bond acceptors (Lipinski definition) is 4. The van der Waals surface area contributed by atoms with E-state index in [1.807, 2.05) is 0 Å². The molecule has 0 aromatic heterocycles. The summed E-state index contributed by atoms with van der Waals surface area (Å²) in [6.45, 7) is 5.06. The van der Waals surface area contributed by atoms with Crippen molar-refractivity contribution in [1.29, 1.82) is 0 Å². The van der Waals surface area contributed by atoms with Crippen LogP contribution in [0, 0.1) is 5.92 Å². The third-order valence-electron chi connectivity index (χ3n) is 5.10. The maximum Gasteiger partial charge on any atom is 0.0865 e. The van der Waals surface area contributed by atoms with Crippen LogP contribution in [0.4, 0.5) is 0 Å². The number of nitrogens with two attached hydrogens (primary N) is 1. The zero-order valence-corrected chi connectivity index (χ0v) is 9.91. The number of aliphatic hydroxyl groups is 1. The van der Waals surface area contributed by atoms with E-state index in [1.54, 1.807) is 0 Å². The van der Waals surface area contributed by atoms with Gasteiger partial charge in [0.25, 0.3) is 0 Å². The van der Waals surface area contributed by atoms with Crippen molar-refractivity contribution in [1.82, 2.24) is 10.2 Å². The van der Waals surface area contributed by atoms with Crippen molar-refractivity contribution < 1.29 is 5.11 Å². The molecule has 0 spiro atoms. The van der Waals surface area contributed by atoms with Gasteiger partial charge in [0.2, 0.25) is 0 Å². The lowest BCUT2D eigenvalue weighted by atomic mass is 9.62. The molecule has 4 nitrogen and oxygen atoms in total. The van der Waals surface area contributed by atoms with Crippen molar-refractivity contribution in [2.75, 3.05) is 32.7 Å². The number of nitrogens with one attached hydrogen (secondary N) is 1. The molecule has 4 heteroatoms. The Morgan fingerprint density at radius 1 is 1.19 bits per heavy atom. The van der Waals surface area contributed by atoms with Gasteiger partial charge in [-0.2, -0.15) is 0 Å². The van der Waals surface area contributed by atoms with Gasteiger partial charge in [0.15, 0.2) is 0 Å². The van der Waals surface area contributed by atoms with E-state index < -0.39 is 5.60 Å². The molecule has 4 heterocycles. The molecule has 0 aromatic carbocycles. The van der Waals surface area contributed by atoms with Crippen LogP contribution in [0.5, 0.6) is 0 Å². The predicted molar refractivity (Wildman–Crippen MR) is 63.1 cm³/mol. The van der Waals surface area contributed by atoms with Crippen molar-refractivity contribution in [2.24, 2.45) is 11.7 Å². The second-order valence-electron chi connectivity index (χ2n) is 5.87. The molecule has 1 unspecified atom stereocenters. The van der Waals surface area contributed by atoms with Crippen molar-refractivity contribution in [3.63, 3.8) is 0 Å². The van der Waals surface area contributed by atoms with Gasteiger partial charge in [-0.05, 0) is 57.8 Å². The van der Waals surface area contributed by atoms with E-state index in [0.717, 1.165) is 32.5 Å². The van der Waals surface area contributed by atoms with Gasteiger partial charge in [-0.25, -0.2) is 0 Å². The summed E-state index contributed by atoms with van der Waals surface area (Å²) in [4.78, 5) is 2.43. The zero-order chi connectivity index (χ0) is 11.2. The first-order chi connectivity index (χ1) is 7.64. The van der Waals surface area contributed by atoms with Gasteiger partial charge in [-0.15, -0.1) is 0 Å². The third kappa shape index (κ3) is 1.44. The highest BCUT2D eigenvalue weighted by Crippen LogP contribution is 2.43. The smallest absolute Gasteiger partial charge is 0.0865 e. The van der Waals surface area contributed by atoms with Gasteiger partial charge in [-0.3, -0.25) is 0 Å². The van der Waals surface area contributed by atoms with Gasteiger partial charge in [-0.1, -0.05) is 0 Å². The lowest BCUT2D eigenvalue weighted by Crippen LogP contribution is -2.75. The lowest BCUT2D eigenvalue weighted by molar-refractivity contribution is -0.128. The first-order valence-corrected chi connectivity index (χ1v) is 6.58. The summed E-state index contributed by atoms with van der Waals surface area (Å²) in [6, 6.07) is 0. The van der Waals surface area contributed by atoms with Crippen LogP contribution in [0.3, 0.4) is 0 Å². The van der Waals surface area contributed by atoms with Crippen LogP contribution < -0.4 is 11.1 Å². The SMILES string of the molecule is NC1(C2(O)CCNCC2)CN2CCC1CC2. The van der Waals surface area contributed by atoms with E-state index in [0.29, 0.717) is 5.92 Å². The van der Waals surface area contributed by atoms with Crippen LogP contribution in [-0.2, 0) is 0 Å². The van der Waals surface area contributed by atoms with Crippen LogP contribution in [0.2, 0.25) is 0 Å². The van der Waals surface area contributed by atoms with Crippen LogP contribution in [0.1, 0.15) is 25.7 Å². The average molecular weight is 225 g/mol. The summed E-state index contributed by atoms with van der Waals surface area (Å²) >= 11 is 0. The lowest BCUT2D eigenvalue weighted by Gasteiger charge is -2.59. The number of nitrogens with zero attached hydrogens (tertiary/aromatic N) is 1. The molecular formula is C12H23N3O. The minimum Gasteiger partial charge on any atom is -0.388 e. The topological polar surface area (TPSA) is 61.5 Å². The normalized spacial score (nSPS) is 46.9. The molecule has 16 heavy (non-hydrogen) atoms. The molecule has 0 amide bonds. The van der Waals surface area contributed by atoms with Crippen molar-refractivity contribution >= 4 is 0 Å². The van der Waals surface area contributed by atoms with Crippen LogP contribution in [0.15, 0.2) is 0 Å². The van der Waals surface area contributed by atoms with Gasteiger partial charge < -0.3 is 21.1 Å². The Hall–Kier alpha value is -0.160. The second-order valence-corrected chi connectivity index (χ2v) is 5.87. The highest BCUT2D eigenvalue weighted by Gasteiger charge is 2.56. The largest absolute Gasteiger partial charge is 0.388 e. The van der Waals surface area contributed by atoms with Crippen LogP contribution in [-0.4, -0.2) is 53.9 Å². The fraction of sp³-hybridized carbons (Fsp3) is 1.00. The third-order valence-corrected chi connectivity index (χ3v) is 5.10. The Labute approximate surface area is 97.2 Å². The molecule has 4 aliphatic heterocycles. The van der Waals surface area contributed by atoms with Gasteiger partial charge in [0.1, 0.15) is 0 Å². The standard InChI is InChI=1S/C12H23N3O/c13-12(11(16)3-5-14-6-4-11)9-15-7-1-10(12)2-8-15/h10,14,16H,1-9,13H2. The molecule has 2 bridgehead atoms. The summed E-state index contributed by atoms with van der Waals surface area (Å²) in [7, 11) is 0. The summed E-state index contributed by atoms with van der Waals surface area (Å²) in [5, 5.41) is 14.2.